The molecule has 0 spiro atoms. The van der Waals surface area contributed by atoms with Gasteiger partial charge in [0.15, 0.2) is 0 Å². The number of carbonyl (C=O) groups excluding carboxylic acids is 6. The van der Waals surface area contributed by atoms with E-state index in [1.165, 1.54) is 60.7 Å². The summed E-state index contributed by atoms with van der Waals surface area (Å²) in [6, 6.07) is 20.0. The smallest absolute Gasteiger partial charge is 0.346 e. The van der Waals surface area contributed by atoms with Gasteiger partial charge in [0.2, 0.25) is 0 Å². The Bertz CT molecular complexity index is 2010. The van der Waals surface area contributed by atoms with Gasteiger partial charge in [-0.2, -0.15) is 10.2 Å². The second-order valence-electron chi connectivity index (χ2n) is 10.6. The molecule has 0 aromatic heterocycles. The van der Waals surface area contributed by atoms with E-state index >= 15 is 0 Å². The molecule has 2 aliphatic heterocycles. The van der Waals surface area contributed by atoms with Gasteiger partial charge in [0, 0.05) is 17.8 Å². The number of ether oxygens (including phenoxy) is 4. The fraction of sp³-hybridized carbons (Fsp3) is 0.118. The van der Waals surface area contributed by atoms with Crippen LogP contribution in [0.2, 0.25) is 0 Å². The third-order valence-corrected chi connectivity index (χ3v) is 7.51. The highest BCUT2D eigenvalue weighted by atomic mass is 16.6. The molecule has 16 nitrogen and oxygen atoms in total. The molecule has 0 amide bonds. The van der Waals surface area contributed by atoms with Gasteiger partial charge < -0.3 is 23.8 Å². The highest BCUT2D eigenvalue weighted by molar-refractivity contribution is 6.16. The van der Waals surface area contributed by atoms with Gasteiger partial charge in [-0.25, -0.2) is 28.8 Å². The lowest BCUT2D eigenvalue weighted by molar-refractivity contribution is -0.384. The van der Waals surface area contributed by atoms with E-state index in [2.05, 4.69) is 19.7 Å². The Morgan fingerprint density at radius 3 is 1.48 bits per heavy atom. The van der Waals surface area contributed by atoms with E-state index < -0.39 is 40.7 Å². The van der Waals surface area contributed by atoms with Gasteiger partial charge in [0.1, 0.15) is 13.2 Å². The molecular weight excluding hydrogens is 656 g/mol. The van der Waals surface area contributed by atoms with E-state index in [4.69, 9.17) is 9.47 Å². The summed E-state index contributed by atoms with van der Waals surface area (Å²) < 4.78 is 20.0. The van der Waals surface area contributed by atoms with Crippen LogP contribution in [0.5, 0.6) is 0 Å². The summed E-state index contributed by atoms with van der Waals surface area (Å²) in [5.41, 5.74) is 1.53. The Morgan fingerprint density at radius 2 is 1.04 bits per heavy atom. The molecule has 0 aliphatic carbocycles. The van der Waals surface area contributed by atoms with Crippen molar-refractivity contribution in [1.29, 1.82) is 0 Å². The maximum atomic E-state index is 12.8. The minimum absolute atomic E-state index is 0.0365. The summed E-state index contributed by atoms with van der Waals surface area (Å²) in [5.74, 6) is -4.81. The van der Waals surface area contributed by atoms with Crippen LogP contribution < -0.4 is 4.90 Å². The molecule has 2 aliphatic rings. The first kappa shape index (κ1) is 32.8. The fourth-order valence-corrected chi connectivity index (χ4v) is 4.94. The molecule has 4 aromatic rings. The van der Waals surface area contributed by atoms with Gasteiger partial charge in [-0.15, -0.1) is 0 Å². The molecule has 6 rings (SSSR count). The molecular formula is C34H22N4O12. The topological polar surface area (TPSA) is 210 Å². The number of fused-ring (bicyclic) bond motifs is 2. The molecule has 0 saturated heterocycles. The standard InChI is InChI=1S/C34H22N4O12/c39-29(19-1-11-25-27(17-19)33(43)49-31(25)41)47-15-13-37(14-16-48-30(40)20-2-12-26-28(18-20)34(44)50-32(26)42)23-7-3-21(4-8-23)35-36-22-5-9-24(10-6-22)38(45)46/h1-12,17-18H,13-16H2. The van der Waals surface area contributed by atoms with Crippen molar-refractivity contribution in [3.8, 4) is 0 Å². The van der Waals surface area contributed by atoms with Gasteiger partial charge in [0.25, 0.3) is 5.69 Å². The highest BCUT2D eigenvalue weighted by Gasteiger charge is 2.31. The molecule has 0 radical (unpaired) electrons. The summed E-state index contributed by atoms with van der Waals surface area (Å²) >= 11 is 0. The minimum Gasteiger partial charge on any atom is -0.460 e. The van der Waals surface area contributed by atoms with Gasteiger partial charge in [-0.05, 0) is 72.8 Å². The summed E-state index contributed by atoms with van der Waals surface area (Å²) in [7, 11) is 0. The quantitative estimate of drug-likeness (QED) is 0.0474. The number of benzene rings is 4. The Labute approximate surface area is 281 Å². The van der Waals surface area contributed by atoms with E-state index in [1.807, 2.05) is 0 Å². The predicted octanol–water partition coefficient (Wildman–Crippen LogP) is 5.15. The maximum Gasteiger partial charge on any atom is 0.346 e. The number of cyclic esters (lactones) is 4. The Kier molecular flexibility index (Phi) is 9.15. The minimum atomic E-state index is -0.857. The Morgan fingerprint density at radius 1 is 0.620 bits per heavy atom. The first-order valence-corrected chi connectivity index (χ1v) is 14.7. The van der Waals surface area contributed by atoms with Crippen molar-refractivity contribution in [2.45, 2.75) is 0 Å². The van der Waals surface area contributed by atoms with Crippen LogP contribution in [0.25, 0.3) is 0 Å². The van der Waals surface area contributed by atoms with Crippen molar-refractivity contribution in [3.05, 3.63) is 128 Å². The summed E-state index contributed by atoms with van der Waals surface area (Å²) in [5, 5.41) is 19.1. The normalized spacial score (nSPS) is 13.0. The first-order valence-electron chi connectivity index (χ1n) is 14.7. The van der Waals surface area contributed by atoms with Crippen molar-refractivity contribution >= 4 is 58.6 Å². The van der Waals surface area contributed by atoms with Crippen LogP contribution in [0.3, 0.4) is 0 Å². The molecule has 250 valence electrons. The molecule has 0 saturated carbocycles. The number of nitro benzene ring substituents is 1. The van der Waals surface area contributed by atoms with Gasteiger partial charge >= 0.3 is 35.8 Å². The van der Waals surface area contributed by atoms with Crippen LogP contribution in [0, 0.1) is 10.1 Å². The fourth-order valence-electron chi connectivity index (χ4n) is 4.94. The van der Waals surface area contributed by atoms with E-state index in [1.54, 1.807) is 29.2 Å². The van der Waals surface area contributed by atoms with Crippen LogP contribution in [-0.4, -0.2) is 67.0 Å². The largest absolute Gasteiger partial charge is 0.460 e. The van der Waals surface area contributed by atoms with Crippen LogP contribution in [0.4, 0.5) is 22.7 Å². The lowest BCUT2D eigenvalue weighted by Gasteiger charge is -2.24. The van der Waals surface area contributed by atoms with Gasteiger partial charge in [-0.3, -0.25) is 10.1 Å². The van der Waals surface area contributed by atoms with Crippen LogP contribution in [0.15, 0.2) is 95.2 Å². The highest BCUT2D eigenvalue weighted by Crippen LogP contribution is 2.25. The zero-order valence-corrected chi connectivity index (χ0v) is 25.6. The molecule has 50 heavy (non-hydrogen) atoms. The van der Waals surface area contributed by atoms with E-state index in [-0.39, 0.29) is 65.4 Å². The van der Waals surface area contributed by atoms with E-state index in [0.29, 0.717) is 17.1 Å². The van der Waals surface area contributed by atoms with Gasteiger partial charge in [-0.1, -0.05) is 0 Å². The number of esters is 6. The third-order valence-electron chi connectivity index (χ3n) is 7.51. The molecule has 2 heterocycles. The molecule has 0 N–H and O–H groups in total. The summed E-state index contributed by atoms with van der Waals surface area (Å²) in [6.45, 7) is 0.00203. The molecule has 0 atom stereocenters. The van der Waals surface area contributed by atoms with Crippen molar-refractivity contribution in [1.82, 2.24) is 0 Å². The lowest BCUT2D eigenvalue weighted by Crippen LogP contribution is -2.32. The molecule has 0 bridgehead atoms. The van der Waals surface area contributed by atoms with Crippen molar-refractivity contribution in [2.75, 3.05) is 31.2 Å². The number of hydrogen-bond acceptors (Lipinski definition) is 15. The molecule has 4 aromatic carbocycles. The third kappa shape index (κ3) is 7.08. The number of non-ortho nitro benzene ring substituents is 1. The second kappa shape index (κ2) is 13.9. The zero-order valence-electron chi connectivity index (χ0n) is 25.6. The number of rotatable bonds is 12. The number of hydrogen-bond donors (Lipinski definition) is 0. The second-order valence-corrected chi connectivity index (χ2v) is 10.6. The number of nitro groups is 1. The maximum absolute atomic E-state index is 12.8. The van der Waals surface area contributed by atoms with Crippen molar-refractivity contribution in [3.63, 3.8) is 0 Å². The van der Waals surface area contributed by atoms with Gasteiger partial charge in [0.05, 0.1) is 62.8 Å². The van der Waals surface area contributed by atoms with Crippen molar-refractivity contribution in [2.24, 2.45) is 10.2 Å². The van der Waals surface area contributed by atoms with E-state index in [9.17, 15) is 38.9 Å². The number of anilines is 1. The first-order chi connectivity index (χ1) is 24.1. The number of azo groups is 1. The van der Waals surface area contributed by atoms with E-state index in [0.717, 1.165) is 0 Å². The van der Waals surface area contributed by atoms with Crippen LogP contribution >= 0.6 is 0 Å². The summed E-state index contributed by atoms with van der Waals surface area (Å²) in [4.78, 5) is 84.8. The molecule has 16 heteroatoms. The lowest BCUT2D eigenvalue weighted by atomic mass is 10.1. The van der Waals surface area contributed by atoms with Crippen LogP contribution in [-0.2, 0) is 18.9 Å². The van der Waals surface area contributed by atoms with Crippen molar-refractivity contribution < 1.29 is 52.6 Å². The SMILES string of the molecule is O=C(OCCN(CCOC(=O)c1ccc2c(c1)C(=O)OC2=O)c1ccc(N=Nc2ccc([N+](=O)[O-])cc2)cc1)c1ccc2c(c1)C(=O)OC2=O. The Hall–Kier alpha value is -7.10. The average Bonchev–Trinajstić information content (AvgIpc) is 3.58. The van der Waals surface area contributed by atoms with Crippen LogP contribution in [0.1, 0.15) is 62.1 Å². The summed E-state index contributed by atoms with van der Waals surface area (Å²) in [6.07, 6.45) is 0. The molecule has 0 unspecified atom stereocenters. The monoisotopic (exact) mass is 678 g/mol. The zero-order chi connectivity index (χ0) is 35.4. The molecule has 0 fully saturated rings. The average molecular weight is 679 g/mol. The number of carbonyl (C=O) groups is 6. The number of nitrogens with zero attached hydrogens (tertiary/aromatic N) is 4. The predicted molar refractivity (Wildman–Crippen MR) is 169 cm³/mol. The Balaban J connectivity index is 1.12.